The summed E-state index contributed by atoms with van der Waals surface area (Å²) in [4.78, 5) is 1.59. The second-order valence-electron chi connectivity index (χ2n) is 7.57. The molecule has 1 aliphatic rings. The number of ether oxygens (including phenoxy) is 2. The molecule has 7 heteroatoms. The van der Waals surface area contributed by atoms with E-state index in [4.69, 9.17) is 9.47 Å². The van der Waals surface area contributed by atoms with E-state index in [2.05, 4.69) is 11.4 Å². The predicted molar refractivity (Wildman–Crippen MR) is 123 cm³/mol. The van der Waals surface area contributed by atoms with Gasteiger partial charge in [-0.3, -0.25) is 0 Å². The lowest BCUT2D eigenvalue weighted by Gasteiger charge is -2.25. The maximum absolute atomic E-state index is 13.4. The number of thiophene rings is 1. The molecule has 2 heterocycles. The van der Waals surface area contributed by atoms with Crippen molar-refractivity contribution >= 4 is 21.4 Å². The van der Waals surface area contributed by atoms with Crippen molar-refractivity contribution in [1.82, 2.24) is 4.31 Å². The maximum Gasteiger partial charge on any atom is 0.243 e. The van der Waals surface area contributed by atoms with Gasteiger partial charge >= 0.3 is 0 Å². The Morgan fingerprint density at radius 2 is 1.94 bits per heavy atom. The van der Waals surface area contributed by atoms with Gasteiger partial charge in [-0.15, -0.1) is 11.3 Å². The van der Waals surface area contributed by atoms with Crippen LogP contribution >= 0.6 is 11.3 Å². The first-order chi connectivity index (χ1) is 15.1. The van der Waals surface area contributed by atoms with Crippen molar-refractivity contribution in [1.29, 1.82) is 0 Å². The van der Waals surface area contributed by atoms with Gasteiger partial charge in [0.15, 0.2) is 0 Å². The first kappa shape index (κ1) is 22.0. The molecule has 31 heavy (non-hydrogen) atoms. The Hall–Kier alpha value is -2.19. The molecule has 164 valence electrons. The SMILES string of the molecule is O=S(=O)(c1ccccc1)N(Cc1cccc(OCCc2cccs2)c1)C[C@H]1CCCO1. The molecule has 0 saturated carbocycles. The summed E-state index contributed by atoms with van der Waals surface area (Å²) < 4.78 is 39.9. The molecule has 0 aliphatic carbocycles. The molecule has 4 rings (SSSR count). The molecule has 1 fully saturated rings. The highest BCUT2D eigenvalue weighted by molar-refractivity contribution is 7.89. The van der Waals surface area contributed by atoms with Gasteiger partial charge < -0.3 is 9.47 Å². The van der Waals surface area contributed by atoms with Gasteiger partial charge in [-0.25, -0.2) is 8.42 Å². The van der Waals surface area contributed by atoms with Crippen LogP contribution < -0.4 is 4.74 Å². The molecule has 1 aliphatic heterocycles. The Morgan fingerprint density at radius 3 is 2.68 bits per heavy atom. The fourth-order valence-corrected chi connectivity index (χ4v) is 5.84. The Balaban J connectivity index is 1.48. The summed E-state index contributed by atoms with van der Waals surface area (Å²) in [5.41, 5.74) is 0.895. The molecule has 2 aromatic carbocycles. The van der Waals surface area contributed by atoms with E-state index >= 15 is 0 Å². The molecule has 0 spiro atoms. The van der Waals surface area contributed by atoms with Crippen LogP contribution in [0.15, 0.2) is 77.0 Å². The molecule has 5 nitrogen and oxygen atoms in total. The van der Waals surface area contributed by atoms with Gasteiger partial charge in [-0.1, -0.05) is 36.4 Å². The number of sulfonamides is 1. The Bertz CT molecular complexity index is 1050. The van der Waals surface area contributed by atoms with E-state index in [-0.39, 0.29) is 12.6 Å². The van der Waals surface area contributed by atoms with Crippen LogP contribution in [0, 0.1) is 0 Å². The Labute approximate surface area is 188 Å². The summed E-state index contributed by atoms with van der Waals surface area (Å²) in [6.07, 6.45) is 2.64. The predicted octanol–water partition coefficient (Wildman–Crippen LogP) is 4.74. The van der Waals surface area contributed by atoms with Crippen molar-refractivity contribution < 1.29 is 17.9 Å². The van der Waals surface area contributed by atoms with Crippen LogP contribution in [0.2, 0.25) is 0 Å². The van der Waals surface area contributed by atoms with Crippen molar-refractivity contribution in [3.63, 3.8) is 0 Å². The van der Waals surface area contributed by atoms with Crippen molar-refractivity contribution in [2.45, 2.75) is 36.8 Å². The summed E-state index contributed by atoms with van der Waals surface area (Å²) in [5, 5.41) is 2.06. The van der Waals surface area contributed by atoms with Gasteiger partial charge in [0.05, 0.1) is 17.6 Å². The Kier molecular flexibility index (Phi) is 7.40. The van der Waals surface area contributed by atoms with E-state index in [9.17, 15) is 8.42 Å². The summed E-state index contributed by atoms with van der Waals surface area (Å²) >= 11 is 1.72. The minimum Gasteiger partial charge on any atom is -0.493 e. The smallest absolute Gasteiger partial charge is 0.243 e. The largest absolute Gasteiger partial charge is 0.493 e. The highest BCUT2D eigenvalue weighted by Crippen LogP contribution is 2.24. The molecule has 0 amide bonds. The molecule has 3 aromatic rings. The zero-order chi connectivity index (χ0) is 21.5. The molecular weight excluding hydrogens is 430 g/mol. The van der Waals surface area contributed by atoms with Crippen molar-refractivity contribution in [2.24, 2.45) is 0 Å². The van der Waals surface area contributed by atoms with E-state index in [0.29, 0.717) is 24.7 Å². The van der Waals surface area contributed by atoms with Crippen LogP contribution in [0.3, 0.4) is 0 Å². The third-order valence-corrected chi connectivity index (χ3v) is 8.03. The van der Waals surface area contributed by atoms with Gasteiger partial charge in [0.1, 0.15) is 5.75 Å². The fourth-order valence-electron chi connectivity index (χ4n) is 3.67. The summed E-state index contributed by atoms with van der Waals surface area (Å²) in [6.45, 7) is 1.91. The van der Waals surface area contributed by atoms with Gasteiger partial charge in [0, 0.05) is 31.0 Å². The van der Waals surface area contributed by atoms with Crippen molar-refractivity contribution in [3.05, 3.63) is 82.6 Å². The molecule has 1 atom stereocenters. The molecular formula is C24H27NO4S2. The normalized spacial score (nSPS) is 16.6. The van der Waals surface area contributed by atoms with E-state index < -0.39 is 10.0 Å². The number of rotatable bonds is 10. The minimum atomic E-state index is -3.63. The average molecular weight is 458 g/mol. The monoisotopic (exact) mass is 457 g/mol. The third-order valence-electron chi connectivity index (χ3n) is 5.27. The first-order valence-electron chi connectivity index (χ1n) is 10.5. The van der Waals surface area contributed by atoms with E-state index in [1.54, 1.807) is 35.6 Å². The highest BCUT2D eigenvalue weighted by atomic mass is 32.2. The number of hydrogen-bond acceptors (Lipinski definition) is 5. The zero-order valence-electron chi connectivity index (χ0n) is 17.4. The van der Waals surface area contributed by atoms with Gasteiger partial charge in [-0.2, -0.15) is 4.31 Å². The molecule has 0 bridgehead atoms. The summed E-state index contributed by atoms with van der Waals surface area (Å²) in [5.74, 6) is 0.753. The van der Waals surface area contributed by atoms with E-state index in [1.165, 1.54) is 9.18 Å². The molecule has 1 aromatic heterocycles. The second-order valence-corrected chi connectivity index (χ2v) is 10.5. The second kappa shape index (κ2) is 10.4. The highest BCUT2D eigenvalue weighted by Gasteiger charge is 2.29. The summed E-state index contributed by atoms with van der Waals surface area (Å²) in [7, 11) is -3.63. The lowest BCUT2D eigenvalue weighted by atomic mass is 10.2. The first-order valence-corrected chi connectivity index (χ1v) is 12.8. The van der Waals surface area contributed by atoms with Crippen molar-refractivity contribution in [3.8, 4) is 5.75 Å². The van der Waals surface area contributed by atoms with Gasteiger partial charge in [0.25, 0.3) is 0 Å². The van der Waals surface area contributed by atoms with Crippen LogP contribution in [0.5, 0.6) is 5.75 Å². The van der Waals surface area contributed by atoms with Crippen LogP contribution in [0.25, 0.3) is 0 Å². The summed E-state index contributed by atoms with van der Waals surface area (Å²) in [6, 6.07) is 20.4. The Morgan fingerprint density at radius 1 is 1.06 bits per heavy atom. The lowest BCUT2D eigenvalue weighted by Crippen LogP contribution is -2.36. The number of benzene rings is 2. The molecule has 1 saturated heterocycles. The topological polar surface area (TPSA) is 55.8 Å². The quantitative estimate of drug-likeness (QED) is 0.441. The van der Waals surface area contributed by atoms with Gasteiger partial charge in [-0.05, 0) is 54.1 Å². The maximum atomic E-state index is 13.4. The molecule has 0 N–H and O–H groups in total. The van der Waals surface area contributed by atoms with E-state index in [0.717, 1.165) is 30.6 Å². The van der Waals surface area contributed by atoms with Crippen LogP contribution in [-0.4, -0.2) is 38.6 Å². The van der Waals surface area contributed by atoms with Crippen molar-refractivity contribution in [2.75, 3.05) is 19.8 Å². The third kappa shape index (κ3) is 5.95. The molecule has 0 radical (unpaired) electrons. The molecule has 0 unspecified atom stereocenters. The average Bonchev–Trinajstić information content (AvgIpc) is 3.49. The standard InChI is InChI=1S/C24H27NO4S2/c26-31(27,24-11-2-1-3-12-24)25(19-22-9-5-14-28-22)18-20-7-4-8-21(17-20)29-15-13-23-10-6-16-30-23/h1-4,6-8,10-12,16-17,22H,5,9,13-15,18-19H2/t22-/m1/s1. The van der Waals surface area contributed by atoms with Gasteiger partial charge in [0.2, 0.25) is 10.0 Å². The fraction of sp³-hybridized carbons (Fsp3) is 0.333. The number of hydrogen-bond donors (Lipinski definition) is 0. The lowest BCUT2D eigenvalue weighted by molar-refractivity contribution is 0.0926. The zero-order valence-corrected chi connectivity index (χ0v) is 19.0. The van der Waals surface area contributed by atoms with Crippen LogP contribution in [0.4, 0.5) is 0 Å². The number of nitrogens with zero attached hydrogens (tertiary/aromatic N) is 1. The van der Waals surface area contributed by atoms with E-state index in [1.807, 2.05) is 36.4 Å². The van der Waals surface area contributed by atoms with Crippen LogP contribution in [0.1, 0.15) is 23.3 Å². The van der Waals surface area contributed by atoms with Crippen LogP contribution in [-0.2, 0) is 27.7 Å². The minimum absolute atomic E-state index is 0.0660.